The van der Waals surface area contributed by atoms with E-state index in [2.05, 4.69) is 0 Å². The molecule has 0 bridgehead atoms. The molecule has 32 heavy (non-hydrogen) atoms. The zero-order chi connectivity index (χ0) is 22.7. The van der Waals surface area contributed by atoms with Crippen LogP contribution >= 0.6 is 0 Å². The van der Waals surface area contributed by atoms with E-state index in [0.29, 0.717) is 11.3 Å². The first-order chi connectivity index (χ1) is 15.5. The summed E-state index contributed by atoms with van der Waals surface area (Å²) in [5.41, 5.74) is 0.814. The smallest absolute Gasteiger partial charge is 0.387 e. The average Bonchev–Trinajstić information content (AvgIpc) is 2.84. The van der Waals surface area contributed by atoms with Crippen LogP contribution in [0.4, 0.5) is 5.69 Å². The maximum atomic E-state index is 13.2. The first kappa shape index (κ1) is 21.5. The summed E-state index contributed by atoms with van der Waals surface area (Å²) in [5, 5.41) is 14.2. The highest BCUT2D eigenvalue weighted by molar-refractivity contribution is 5.82. The molecule has 0 radical (unpaired) electrons. The number of nitro groups is 1. The zero-order valence-electron chi connectivity index (χ0n) is 17.9. The van der Waals surface area contributed by atoms with Crippen LogP contribution in [0, 0.1) is 17.0 Å². The summed E-state index contributed by atoms with van der Waals surface area (Å²) in [6, 6.07) is 24.5. The van der Waals surface area contributed by atoms with Gasteiger partial charge >= 0.3 is 11.5 Å². The number of hydroxylamine groups is 1. The Balaban J connectivity index is 1.97. The molecule has 0 amide bonds. The molecule has 1 fully saturated rings. The first-order valence-corrected chi connectivity index (χ1v) is 10.3. The van der Waals surface area contributed by atoms with Gasteiger partial charge in [-0.1, -0.05) is 72.8 Å². The molecule has 0 aromatic heterocycles. The van der Waals surface area contributed by atoms with Crippen LogP contribution in [0.1, 0.15) is 35.3 Å². The van der Waals surface area contributed by atoms with Gasteiger partial charge in [0.25, 0.3) is 0 Å². The highest BCUT2D eigenvalue weighted by Crippen LogP contribution is 2.49. The molecule has 7 nitrogen and oxygen atoms in total. The fourth-order valence-electron chi connectivity index (χ4n) is 4.39. The van der Waals surface area contributed by atoms with Gasteiger partial charge in [-0.3, -0.25) is 15.0 Å². The predicted molar refractivity (Wildman–Crippen MR) is 119 cm³/mol. The maximum absolute atomic E-state index is 13.2. The third-order valence-corrected chi connectivity index (χ3v) is 5.95. The van der Waals surface area contributed by atoms with Crippen LogP contribution < -0.4 is 5.06 Å². The molecule has 0 spiro atoms. The normalized spacial score (nSPS) is 22.9. The van der Waals surface area contributed by atoms with E-state index < -0.39 is 28.6 Å². The van der Waals surface area contributed by atoms with Crippen molar-refractivity contribution in [1.82, 2.24) is 0 Å². The van der Waals surface area contributed by atoms with E-state index in [1.807, 2.05) is 55.5 Å². The zero-order valence-corrected chi connectivity index (χ0v) is 17.9. The van der Waals surface area contributed by atoms with Crippen molar-refractivity contribution in [3.05, 3.63) is 112 Å². The van der Waals surface area contributed by atoms with Crippen molar-refractivity contribution in [3.8, 4) is 0 Å². The molecule has 164 valence electrons. The van der Waals surface area contributed by atoms with Gasteiger partial charge in [0.1, 0.15) is 6.10 Å². The number of hydrogen-bond donors (Lipinski definition) is 0. The van der Waals surface area contributed by atoms with Gasteiger partial charge in [0.05, 0.1) is 19.2 Å². The molecule has 4 rings (SSSR count). The number of para-hydroxylation sites is 1. The largest absolute Gasteiger partial charge is 0.464 e. The Bertz CT molecular complexity index is 1110. The van der Waals surface area contributed by atoms with Crippen LogP contribution in [0.3, 0.4) is 0 Å². The molecule has 1 aliphatic heterocycles. The average molecular weight is 432 g/mol. The number of benzene rings is 3. The minimum absolute atomic E-state index is 0.166. The van der Waals surface area contributed by atoms with Gasteiger partial charge in [-0.15, -0.1) is 0 Å². The number of aryl methyl sites for hydroxylation is 1. The van der Waals surface area contributed by atoms with Crippen molar-refractivity contribution >= 4 is 11.7 Å². The van der Waals surface area contributed by atoms with Crippen molar-refractivity contribution in [1.29, 1.82) is 0 Å². The Kier molecular flexibility index (Phi) is 5.92. The Labute approximate surface area is 186 Å². The van der Waals surface area contributed by atoms with E-state index in [9.17, 15) is 14.9 Å². The van der Waals surface area contributed by atoms with Crippen molar-refractivity contribution in [2.75, 3.05) is 12.2 Å². The first-order valence-electron chi connectivity index (χ1n) is 10.3. The molecule has 3 aromatic carbocycles. The van der Waals surface area contributed by atoms with E-state index in [1.165, 1.54) is 12.2 Å². The molecule has 3 aromatic rings. The second-order valence-corrected chi connectivity index (χ2v) is 7.80. The Hall–Kier alpha value is -3.71. The lowest BCUT2D eigenvalue weighted by Gasteiger charge is -2.46. The molecule has 0 saturated carbocycles. The van der Waals surface area contributed by atoms with E-state index in [0.717, 1.165) is 11.1 Å². The molecule has 0 aliphatic carbocycles. The van der Waals surface area contributed by atoms with Crippen molar-refractivity contribution in [2.45, 2.75) is 31.0 Å². The number of hydrogen-bond acceptors (Lipinski definition) is 6. The second-order valence-electron chi connectivity index (χ2n) is 7.80. The number of ether oxygens (including phenoxy) is 1. The third kappa shape index (κ3) is 3.61. The van der Waals surface area contributed by atoms with Gasteiger partial charge in [-0.2, -0.15) is 0 Å². The molecule has 3 atom stereocenters. The highest BCUT2D eigenvalue weighted by atomic mass is 16.7. The lowest BCUT2D eigenvalue weighted by Crippen LogP contribution is -2.61. The van der Waals surface area contributed by atoms with E-state index >= 15 is 0 Å². The molecule has 1 unspecified atom stereocenters. The summed E-state index contributed by atoms with van der Waals surface area (Å²) < 4.78 is 5.04. The van der Waals surface area contributed by atoms with E-state index in [1.54, 1.807) is 36.4 Å². The van der Waals surface area contributed by atoms with Crippen LogP contribution in [0.5, 0.6) is 0 Å². The fraction of sp³-hybridized carbons (Fsp3) is 0.240. The van der Waals surface area contributed by atoms with Gasteiger partial charge in [0.2, 0.25) is 0 Å². The standard InChI is InChI=1S/C25H24N2O5/c1-18-11-9-10-16-21(18)22-17-25(27(29)30,24(28)31-2)23(19-12-5-3-6-13-19)26(32-22)20-14-7-4-8-15-20/h3-16,22-23H,17H2,1-2H3/t22-,23-,25?/m1/s1. The Morgan fingerprint density at radius 3 is 2.22 bits per heavy atom. The summed E-state index contributed by atoms with van der Waals surface area (Å²) in [6.07, 6.45) is -0.888. The fourth-order valence-corrected chi connectivity index (χ4v) is 4.39. The molecule has 1 aliphatic rings. The Morgan fingerprint density at radius 2 is 1.62 bits per heavy atom. The van der Waals surface area contributed by atoms with E-state index in [4.69, 9.17) is 9.57 Å². The second kappa shape index (κ2) is 8.80. The van der Waals surface area contributed by atoms with Crippen LogP contribution in [-0.4, -0.2) is 23.5 Å². The summed E-state index contributed by atoms with van der Waals surface area (Å²) in [4.78, 5) is 31.8. The van der Waals surface area contributed by atoms with Crippen LogP contribution in [-0.2, 0) is 14.4 Å². The number of nitrogens with zero attached hydrogens (tertiary/aromatic N) is 2. The molecule has 1 heterocycles. The number of esters is 1. The topological polar surface area (TPSA) is 81.9 Å². The van der Waals surface area contributed by atoms with Gasteiger partial charge in [-0.05, 0) is 35.7 Å². The number of carbonyl (C=O) groups is 1. The SMILES string of the molecule is COC(=O)C1([N+](=O)[O-])C[C@H](c2ccccc2C)ON(c2ccccc2)[C@@H]1c1ccccc1. The van der Waals surface area contributed by atoms with Crippen LogP contribution in [0.25, 0.3) is 0 Å². The molecule has 1 saturated heterocycles. The minimum atomic E-state index is -2.09. The molecular formula is C25H24N2O5. The van der Waals surface area contributed by atoms with E-state index in [-0.39, 0.29) is 6.42 Å². The lowest BCUT2D eigenvalue weighted by molar-refractivity contribution is -0.570. The summed E-state index contributed by atoms with van der Waals surface area (Å²) in [7, 11) is 1.18. The number of rotatable bonds is 5. The van der Waals surface area contributed by atoms with Crippen molar-refractivity contribution in [2.24, 2.45) is 0 Å². The summed E-state index contributed by atoms with van der Waals surface area (Å²) in [5.74, 6) is -0.904. The number of carbonyl (C=O) groups excluding carboxylic acids is 1. The lowest BCUT2D eigenvalue weighted by atomic mass is 9.77. The minimum Gasteiger partial charge on any atom is -0.464 e. The Morgan fingerprint density at radius 1 is 1.03 bits per heavy atom. The molecule has 7 heteroatoms. The van der Waals surface area contributed by atoms with Crippen LogP contribution in [0.2, 0.25) is 0 Å². The van der Waals surface area contributed by atoms with Gasteiger partial charge in [0.15, 0.2) is 6.04 Å². The number of methoxy groups -OCH3 is 1. The van der Waals surface area contributed by atoms with Crippen LogP contribution in [0.15, 0.2) is 84.9 Å². The van der Waals surface area contributed by atoms with Gasteiger partial charge < -0.3 is 4.74 Å². The molecule has 0 N–H and O–H groups in total. The van der Waals surface area contributed by atoms with Gasteiger partial charge in [0, 0.05) is 4.92 Å². The highest BCUT2D eigenvalue weighted by Gasteiger charge is 2.66. The summed E-state index contributed by atoms with van der Waals surface area (Å²) in [6.45, 7) is 1.92. The molecular weight excluding hydrogens is 408 g/mol. The predicted octanol–water partition coefficient (Wildman–Crippen LogP) is 4.81. The summed E-state index contributed by atoms with van der Waals surface area (Å²) >= 11 is 0. The van der Waals surface area contributed by atoms with Crippen molar-refractivity contribution in [3.63, 3.8) is 0 Å². The van der Waals surface area contributed by atoms with Gasteiger partial charge in [-0.25, -0.2) is 9.86 Å². The van der Waals surface area contributed by atoms with Crippen molar-refractivity contribution < 1.29 is 19.3 Å². The number of anilines is 1. The monoisotopic (exact) mass is 432 g/mol. The quantitative estimate of drug-likeness (QED) is 0.327. The third-order valence-electron chi connectivity index (χ3n) is 5.95. The maximum Gasteiger partial charge on any atom is 0.387 e.